The fraction of sp³-hybridized carbons (Fsp3) is 0.211. The molecule has 1 heterocycles. The number of carbonyl (C=O) groups excluding carboxylic acids is 1. The van der Waals surface area contributed by atoms with Crippen LogP contribution in [0.4, 0.5) is 0 Å². The molecular formula is C19H16N2O2S. The van der Waals surface area contributed by atoms with Crippen LogP contribution in [0.25, 0.3) is 10.2 Å². The normalized spacial score (nSPS) is 11.8. The number of benzene rings is 2. The van der Waals surface area contributed by atoms with Gasteiger partial charge in [0.05, 0.1) is 22.9 Å². The number of carbonyl (C=O) groups is 1. The van der Waals surface area contributed by atoms with E-state index in [0.717, 1.165) is 21.5 Å². The summed E-state index contributed by atoms with van der Waals surface area (Å²) in [4.78, 5) is 16.8. The summed E-state index contributed by atoms with van der Waals surface area (Å²) in [7, 11) is 0. The maximum atomic E-state index is 12.4. The minimum Gasteiger partial charge on any atom is -0.493 e. The summed E-state index contributed by atoms with van der Waals surface area (Å²) in [6, 6.07) is 17.4. The van der Waals surface area contributed by atoms with Gasteiger partial charge in [-0.3, -0.25) is 4.79 Å². The van der Waals surface area contributed by atoms with Crippen molar-refractivity contribution in [3.8, 4) is 11.8 Å². The molecule has 0 bridgehead atoms. The lowest BCUT2D eigenvalue weighted by Gasteiger charge is -2.08. The number of thiazole rings is 1. The van der Waals surface area contributed by atoms with Gasteiger partial charge in [0.25, 0.3) is 0 Å². The third-order valence-electron chi connectivity index (χ3n) is 3.62. The van der Waals surface area contributed by atoms with Crippen molar-refractivity contribution >= 4 is 27.3 Å². The molecular weight excluding hydrogens is 320 g/mol. The van der Waals surface area contributed by atoms with Crippen LogP contribution in [0.5, 0.6) is 5.75 Å². The molecule has 0 saturated carbocycles. The first-order valence-electron chi connectivity index (χ1n) is 7.64. The van der Waals surface area contributed by atoms with Crippen molar-refractivity contribution in [2.75, 3.05) is 6.61 Å². The standard InChI is InChI=1S/C19H16N2O2S/c1-13-5-4-6-14(11-13)23-10-9-17(22)15(12-20)19-21-16-7-2-3-8-18(16)24-19/h2-8,11,15H,9-10H2,1H3/t15-/m1/s1. The van der Waals surface area contributed by atoms with Gasteiger partial charge >= 0.3 is 0 Å². The number of aromatic nitrogens is 1. The molecule has 0 radical (unpaired) electrons. The van der Waals surface area contributed by atoms with E-state index in [9.17, 15) is 10.1 Å². The Morgan fingerprint density at radius 3 is 2.88 bits per heavy atom. The van der Waals surface area contributed by atoms with Crippen LogP contribution in [0.3, 0.4) is 0 Å². The number of para-hydroxylation sites is 1. The molecule has 3 rings (SSSR count). The zero-order chi connectivity index (χ0) is 16.9. The van der Waals surface area contributed by atoms with Gasteiger partial charge in [-0.15, -0.1) is 11.3 Å². The number of ether oxygens (including phenoxy) is 1. The average Bonchev–Trinajstić information content (AvgIpc) is 2.99. The molecule has 1 aromatic heterocycles. The molecule has 2 aromatic carbocycles. The number of hydrogen-bond donors (Lipinski definition) is 0. The molecule has 4 nitrogen and oxygen atoms in total. The number of Topliss-reactive ketones (excluding diaryl/α,β-unsaturated/α-hetero) is 1. The van der Waals surface area contributed by atoms with Gasteiger partial charge in [0.2, 0.25) is 0 Å². The Kier molecular flexibility index (Phi) is 4.88. The van der Waals surface area contributed by atoms with Crippen LogP contribution in [0.1, 0.15) is 22.9 Å². The van der Waals surface area contributed by atoms with E-state index < -0.39 is 5.92 Å². The van der Waals surface area contributed by atoms with E-state index in [-0.39, 0.29) is 18.8 Å². The summed E-state index contributed by atoms with van der Waals surface area (Å²) in [5, 5.41) is 9.94. The quantitative estimate of drug-likeness (QED) is 0.675. The fourth-order valence-corrected chi connectivity index (χ4v) is 3.43. The molecule has 1 atom stereocenters. The van der Waals surface area contributed by atoms with Gasteiger partial charge in [-0.2, -0.15) is 5.26 Å². The molecule has 0 aliphatic heterocycles. The zero-order valence-electron chi connectivity index (χ0n) is 13.2. The van der Waals surface area contributed by atoms with E-state index in [1.165, 1.54) is 11.3 Å². The fourth-order valence-electron chi connectivity index (χ4n) is 2.40. The Morgan fingerprint density at radius 2 is 2.12 bits per heavy atom. The summed E-state index contributed by atoms with van der Waals surface area (Å²) < 4.78 is 6.58. The summed E-state index contributed by atoms with van der Waals surface area (Å²) in [6.45, 7) is 2.24. The van der Waals surface area contributed by atoms with Crippen LogP contribution in [0.2, 0.25) is 0 Å². The second-order valence-corrected chi connectivity index (χ2v) is 6.53. The molecule has 0 aliphatic rings. The van der Waals surface area contributed by atoms with Crippen LogP contribution < -0.4 is 4.74 Å². The maximum Gasteiger partial charge on any atom is 0.160 e. The minimum atomic E-state index is -0.830. The molecule has 0 aliphatic carbocycles. The highest BCUT2D eigenvalue weighted by Crippen LogP contribution is 2.28. The van der Waals surface area contributed by atoms with Crippen molar-refractivity contribution in [2.24, 2.45) is 0 Å². The van der Waals surface area contributed by atoms with E-state index in [2.05, 4.69) is 11.1 Å². The molecule has 0 amide bonds. The summed E-state index contributed by atoms with van der Waals surface area (Å²) in [5.74, 6) is -0.260. The van der Waals surface area contributed by atoms with Crippen molar-refractivity contribution in [2.45, 2.75) is 19.3 Å². The SMILES string of the molecule is Cc1cccc(OCCC(=O)[C@@H](C#N)c2nc3ccccc3s2)c1. The van der Waals surface area contributed by atoms with E-state index in [0.29, 0.717) is 5.01 Å². The van der Waals surface area contributed by atoms with Crippen molar-refractivity contribution in [1.29, 1.82) is 5.26 Å². The molecule has 24 heavy (non-hydrogen) atoms. The van der Waals surface area contributed by atoms with E-state index in [4.69, 9.17) is 4.74 Å². The average molecular weight is 336 g/mol. The van der Waals surface area contributed by atoms with E-state index >= 15 is 0 Å². The second kappa shape index (κ2) is 7.24. The highest BCUT2D eigenvalue weighted by Gasteiger charge is 2.23. The molecule has 5 heteroatoms. The molecule has 0 unspecified atom stereocenters. The summed E-state index contributed by atoms with van der Waals surface area (Å²) >= 11 is 1.39. The number of ketones is 1. The Morgan fingerprint density at radius 1 is 1.29 bits per heavy atom. The monoisotopic (exact) mass is 336 g/mol. The van der Waals surface area contributed by atoms with Crippen molar-refractivity contribution in [1.82, 2.24) is 4.98 Å². The van der Waals surface area contributed by atoms with Gasteiger partial charge in [-0.25, -0.2) is 4.98 Å². The molecule has 0 spiro atoms. The second-order valence-electron chi connectivity index (χ2n) is 5.46. The number of nitriles is 1. The van der Waals surface area contributed by atoms with Gasteiger partial charge in [-0.1, -0.05) is 24.3 Å². The number of nitrogens with zero attached hydrogens (tertiary/aromatic N) is 2. The third kappa shape index (κ3) is 3.61. The Bertz CT molecular complexity index is 878. The molecule has 0 fully saturated rings. The topological polar surface area (TPSA) is 63.0 Å². The Balaban J connectivity index is 1.65. The number of aryl methyl sites for hydroxylation is 1. The molecule has 120 valence electrons. The van der Waals surface area contributed by atoms with Gasteiger partial charge in [0, 0.05) is 6.42 Å². The van der Waals surface area contributed by atoms with Gasteiger partial charge < -0.3 is 4.74 Å². The van der Waals surface area contributed by atoms with Crippen LogP contribution >= 0.6 is 11.3 Å². The lowest BCUT2D eigenvalue weighted by atomic mass is 10.0. The predicted octanol–water partition coefficient (Wildman–Crippen LogP) is 4.25. The van der Waals surface area contributed by atoms with Gasteiger partial charge in [0.15, 0.2) is 11.7 Å². The van der Waals surface area contributed by atoms with Crippen molar-refractivity contribution < 1.29 is 9.53 Å². The minimum absolute atomic E-state index is 0.163. The van der Waals surface area contributed by atoms with Crippen LogP contribution in [-0.4, -0.2) is 17.4 Å². The number of hydrogen-bond acceptors (Lipinski definition) is 5. The molecule has 3 aromatic rings. The summed E-state index contributed by atoms with van der Waals surface area (Å²) in [6.07, 6.45) is 0.183. The van der Waals surface area contributed by atoms with E-state index in [1.807, 2.05) is 55.5 Å². The number of rotatable bonds is 6. The van der Waals surface area contributed by atoms with Gasteiger partial charge in [-0.05, 0) is 36.8 Å². The maximum absolute atomic E-state index is 12.4. The zero-order valence-corrected chi connectivity index (χ0v) is 14.0. The third-order valence-corrected chi connectivity index (χ3v) is 4.72. The first-order valence-corrected chi connectivity index (χ1v) is 8.46. The highest BCUT2D eigenvalue weighted by atomic mass is 32.1. The largest absolute Gasteiger partial charge is 0.493 e. The lowest BCUT2D eigenvalue weighted by Crippen LogP contribution is -2.14. The molecule has 0 N–H and O–H groups in total. The van der Waals surface area contributed by atoms with Crippen molar-refractivity contribution in [3.63, 3.8) is 0 Å². The van der Waals surface area contributed by atoms with Crippen LogP contribution in [-0.2, 0) is 4.79 Å². The first-order chi connectivity index (χ1) is 11.7. The highest BCUT2D eigenvalue weighted by molar-refractivity contribution is 7.18. The van der Waals surface area contributed by atoms with Crippen LogP contribution in [0.15, 0.2) is 48.5 Å². The predicted molar refractivity (Wildman–Crippen MR) is 94.3 cm³/mol. The lowest BCUT2D eigenvalue weighted by molar-refractivity contribution is -0.119. The Hall–Kier alpha value is -2.71. The smallest absolute Gasteiger partial charge is 0.160 e. The van der Waals surface area contributed by atoms with Crippen molar-refractivity contribution in [3.05, 3.63) is 59.1 Å². The Labute approximate surface area is 144 Å². The molecule has 0 saturated heterocycles. The van der Waals surface area contributed by atoms with Gasteiger partial charge in [0.1, 0.15) is 10.8 Å². The first kappa shape index (κ1) is 16.2. The number of fused-ring (bicyclic) bond motifs is 1. The van der Waals surface area contributed by atoms with E-state index in [1.54, 1.807) is 0 Å². The summed E-state index contributed by atoms with van der Waals surface area (Å²) in [5.41, 5.74) is 1.92. The van der Waals surface area contributed by atoms with Crippen LogP contribution in [0, 0.1) is 18.3 Å².